The highest BCUT2D eigenvalue weighted by Crippen LogP contribution is 2.20. The molecule has 0 rings (SSSR count). The number of hydrogen-bond donors (Lipinski definition) is 1. The molecule has 0 spiro atoms. The van der Waals surface area contributed by atoms with Crippen LogP contribution in [-0.2, 0) is 14.2 Å². The van der Waals surface area contributed by atoms with E-state index in [4.69, 9.17) is 19.9 Å². The van der Waals surface area contributed by atoms with Crippen LogP contribution in [0.5, 0.6) is 0 Å². The quantitative estimate of drug-likeness (QED) is 0.450. The summed E-state index contributed by atoms with van der Waals surface area (Å²) in [5.74, 6) is -0.983. The predicted molar refractivity (Wildman–Crippen MR) is 69.7 cm³/mol. The van der Waals surface area contributed by atoms with E-state index >= 15 is 0 Å². The Labute approximate surface area is 106 Å². The molecule has 104 valence electrons. The second-order valence-corrected chi connectivity index (χ2v) is 4.46. The van der Waals surface area contributed by atoms with Gasteiger partial charge in [0.25, 0.3) is 5.97 Å². The highest BCUT2D eigenvalue weighted by atomic mass is 16.9. The number of methoxy groups -OCH3 is 3. The van der Waals surface area contributed by atoms with E-state index in [-0.39, 0.29) is 6.04 Å². The van der Waals surface area contributed by atoms with Crippen molar-refractivity contribution in [2.45, 2.75) is 63.9 Å². The molecule has 0 amide bonds. The third-order valence-corrected chi connectivity index (χ3v) is 3.12. The highest BCUT2D eigenvalue weighted by Gasteiger charge is 2.31. The first-order valence-corrected chi connectivity index (χ1v) is 6.55. The van der Waals surface area contributed by atoms with Gasteiger partial charge in [0.15, 0.2) is 0 Å². The lowest BCUT2D eigenvalue weighted by molar-refractivity contribution is -0.356. The summed E-state index contributed by atoms with van der Waals surface area (Å²) < 4.78 is 15.7. The minimum absolute atomic E-state index is 0.0523. The summed E-state index contributed by atoms with van der Waals surface area (Å²) in [6.07, 6.45) is 7.84. The maximum Gasteiger partial charge on any atom is 0.283 e. The van der Waals surface area contributed by atoms with Crippen molar-refractivity contribution in [1.82, 2.24) is 0 Å². The molecular formula is C13H29NO3. The standard InChI is InChI=1S/C13H29NO3/c1-5-6-7-8-9-10-12(14)11-13(15-2,16-3)17-4/h12H,5-11,14H2,1-4H3. The highest BCUT2D eigenvalue weighted by molar-refractivity contribution is 4.69. The summed E-state index contributed by atoms with van der Waals surface area (Å²) in [7, 11) is 4.71. The molecule has 0 aliphatic carbocycles. The number of rotatable bonds is 11. The predicted octanol–water partition coefficient (Wildman–Crippen LogP) is 2.66. The molecule has 1 unspecified atom stereocenters. The molecule has 0 saturated carbocycles. The summed E-state index contributed by atoms with van der Waals surface area (Å²) in [6.45, 7) is 2.22. The molecule has 0 heterocycles. The molecule has 0 bridgehead atoms. The van der Waals surface area contributed by atoms with Gasteiger partial charge in [0, 0.05) is 33.8 Å². The number of unbranched alkanes of at least 4 members (excludes halogenated alkanes) is 4. The fraction of sp³-hybridized carbons (Fsp3) is 1.00. The van der Waals surface area contributed by atoms with Gasteiger partial charge in [-0.2, -0.15) is 0 Å². The van der Waals surface area contributed by atoms with Crippen molar-refractivity contribution in [3.8, 4) is 0 Å². The number of hydrogen-bond acceptors (Lipinski definition) is 4. The molecule has 0 radical (unpaired) electrons. The summed E-state index contributed by atoms with van der Waals surface area (Å²) in [5.41, 5.74) is 6.06. The molecule has 0 aliphatic heterocycles. The maximum absolute atomic E-state index is 6.06. The summed E-state index contributed by atoms with van der Waals surface area (Å²) in [4.78, 5) is 0. The Morgan fingerprint density at radius 1 is 0.941 bits per heavy atom. The van der Waals surface area contributed by atoms with Gasteiger partial charge in [-0.1, -0.05) is 39.0 Å². The van der Waals surface area contributed by atoms with Gasteiger partial charge in [0.2, 0.25) is 0 Å². The van der Waals surface area contributed by atoms with E-state index in [9.17, 15) is 0 Å². The monoisotopic (exact) mass is 247 g/mol. The number of nitrogens with two attached hydrogens (primary N) is 1. The first-order valence-electron chi connectivity index (χ1n) is 6.55. The van der Waals surface area contributed by atoms with Crippen LogP contribution in [0.3, 0.4) is 0 Å². The molecule has 17 heavy (non-hydrogen) atoms. The Kier molecular flexibility index (Phi) is 9.74. The molecule has 0 aromatic carbocycles. The van der Waals surface area contributed by atoms with Crippen molar-refractivity contribution in [2.24, 2.45) is 5.73 Å². The first-order chi connectivity index (χ1) is 8.14. The third-order valence-electron chi connectivity index (χ3n) is 3.12. The van der Waals surface area contributed by atoms with Gasteiger partial charge < -0.3 is 19.9 Å². The number of ether oxygens (including phenoxy) is 3. The van der Waals surface area contributed by atoms with Gasteiger partial charge in [-0.3, -0.25) is 0 Å². The lowest BCUT2D eigenvalue weighted by Gasteiger charge is -2.31. The molecular weight excluding hydrogens is 218 g/mol. The van der Waals surface area contributed by atoms with Crippen LogP contribution in [0.25, 0.3) is 0 Å². The minimum atomic E-state index is -0.983. The lowest BCUT2D eigenvalue weighted by atomic mass is 10.0. The fourth-order valence-electron chi connectivity index (χ4n) is 1.93. The van der Waals surface area contributed by atoms with Crippen molar-refractivity contribution < 1.29 is 14.2 Å². The van der Waals surface area contributed by atoms with E-state index in [1.165, 1.54) is 25.7 Å². The van der Waals surface area contributed by atoms with Crippen molar-refractivity contribution in [3.63, 3.8) is 0 Å². The Balaban J connectivity index is 3.79. The second kappa shape index (κ2) is 9.83. The lowest BCUT2D eigenvalue weighted by Crippen LogP contribution is -2.42. The smallest absolute Gasteiger partial charge is 0.283 e. The summed E-state index contributed by atoms with van der Waals surface area (Å²) >= 11 is 0. The summed E-state index contributed by atoms with van der Waals surface area (Å²) in [6, 6.07) is 0.0523. The minimum Gasteiger partial charge on any atom is -0.331 e. The van der Waals surface area contributed by atoms with Crippen LogP contribution in [0.1, 0.15) is 51.9 Å². The van der Waals surface area contributed by atoms with Gasteiger partial charge in [0.05, 0.1) is 0 Å². The van der Waals surface area contributed by atoms with E-state index in [1.807, 2.05) is 0 Å². The van der Waals surface area contributed by atoms with Crippen LogP contribution in [0.15, 0.2) is 0 Å². The normalized spacial score (nSPS) is 13.9. The Bertz CT molecular complexity index is 164. The molecule has 2 N–H and O–H groups in total. The van der Waals surface area contributed by atoms with Crippen molar-refractivity contribution in [3.05, 3.63) is 0 Å². The zero-order valence-electron chi connectivity index (χ0n) is 11.8. The average Bonchev–Trinajstić information content (AvgIpc) is 2.36. The van der Waals surface area contributed by atoms with Crippen molar-refractivity contribution >= 4 is 0 Å². The molecule has 1 atom stereocenters. The van der Waals surface area contributed by atoms with E-state index in [0.717, 1.165) is 12.8 Å². The zero-order valence-corrected chi connectivity index (χ0v) is 11.8. The molecule has 4 nitrogen and oxygen atoms in total. The van der Waals surface area contributed by atoms with Crippen molar-refractivity contribution in [1.29, 1.82) is 0 Å². The van der Waals surface area contributed by atoms with E-state index in [2.05, 4.69) is 6.92 Å². The van der Waals surface area contributed by atoms with Crippen LogP contribution in [0, 0.1) is 0 Å². The fourth-order valence-corrected chi connectivity index (χ4v) is 1.93. The molecule has 0 fully saturated rings. The SMILES string of the molecule is CCCCCCCC(N)CC(OC)(OC)OC. The molecule has 4 heteroatoms. The van der Waals surface area contributed by atoms with Crippen LogP contribution in [0.4, 0.5) is 0 Å². The van der Waals surface area contributed by atoms with Gasteiger partial charge in [-0.05, 0) is 6.42 Å². The van der Waals surface area contributed by atoms with E-state index in [0.29, 0.717) is 6.42 Å². The first kappa shape index (κ1) is 16.8. The van der Waals surface area contributed by atoms with Gasteiger partial charge >= 0.3 is 0 Å². The van der Waals surface area contributed by atoms with Gasteiger partial charge in [0.1, 0.15) is 0 Å². The summed E-state index contributed by atoms with van der Waals surface area (Å²) in [5, 5.41) is 0. The van der Waals surface area contributed by atoms with Crippen LogP contribution < -0.4 is 5.73 Å². The largest absolute Gasteiger partial charge is 0.331 e. The van der Waals surface area contributed by atoms with E-state index < -0.39 is 5.97 Å². The van der Waals surface area contributed by atoms with Crippen LogP contribution in [0.2, 0.25) is 0 Å². The average molecular weight is 247 g/mol. The Morgan fingerprint density at radius 3 is 1.94 bits per heavy atom. The molecule has 0 aliphatic rings. The zero-order chi connectivity index (χ0) is 13.1. The molecule has 0 saturated heterocycles. The third kappa shape index (κ3) is 6.99. The second-order valence-electron chi connectivity index (χ2n) is 4.46. The van der Waals surface area contributed by atoms with Crippen LogP contribution >= 0.6 is 0 Å². The van der Waals surface area contributed by atoms with Crippen LogP contribution in [-0.4, -0.2) is 33.3 Å². The topological polar surface area (TPSA) is 53.7 Å². The van der Waals surface area contributed by atoms with Gasteiger partial charge in [-0.25, -0.2) is 0 Å². The Hall–Kier alpha value is -0.160. The molecule has 0 aromatic heterocycles. The Morgan fingerprint density at radius 2 is 1.47 bits per heavy atom. The maximum atomic E-state index is 6.06. The van der Waals surface area contributed by atoms with Crippen molar-refractivity contribution in [2.75, 3.05) is 21.3 Å². The van der Waals surface area contributed by atoms with E-state index in [1.54, 1.807) is 21.3 Å². The van der Waals surface area contributed by atoms with Gasteiger partial charge in [-0.15, -0.1) is 0 Å². The molecule has 0 aromatic rings.